The summed E-state index contributed by atoms with van der Waals surface area (Å²) in [4.78, 5) is 22.8. The highest BCUT2D eigenvalue weighted by atomic mass is 35.5. The summed E-state index contributed by atoms with van der Waals surface area (Å²) in [5.74, 6) is 3.85. The topological polar surface area (TPSA) is 90.7 Å². The monoisotopic (exact) mass is 1120 g/mol. The highest BCUT2D eigenvalue weighted by molar-refractivity contribution is 7.27. The van der Waals surface area contributed by atoms with E-state index in [1.165, 1.54) is 94.5 Å². The third-order valence-electron chi connectivity index (χ3n) is 16.4. The molecular weight excluding hydrogens is 1080 g/mol. The number of aromatic amines is 1. The Morgan fingerprint density at radius 1 is 0.361 bits per heavy atom. The van der Waals surface area contributed by atoms with Crippen molar-refractivity contribution in [1.82, 2.24) is 29.5 Å². The number of hydrogen-bond donors (Lipinski definition) is 1. The van der Waals surface area contributed by atoms with Crippen LogP contribution in [0.5, 0.6) is 23.0 Å². The molecule has 8 heterocycles. The van der Waals surface area contributed by atoms with Crippen LogP contribution in [0.25, 0.3) is 156 Å². The number of H-pyrrole nitrogens is 1. The fourth-order valence-electron chi connectivity index (χ4n) is 13.0. The molecule has 0 fully saturated rings. The summed E-state index contributed by atoms with van der Waals surface area (Å²) in [6.07, 6.45) is 0. The molecule has 0 amide bonds. The Morgan fingerprint density at radius 2 is 0.831 bits per heavy atom. The number of hydrogen-bond acceptors (Lipinski definition) is 8. The van der Waals surface area contributed by atoms with Crippen LogP contribution in [-0.2, 0) is 0 Å². The van der Waals surface area contributed by atoms with Crippen LogP contribution in [-0.4, -0.2) is 29.5 Å². The average molecular weight is 1120 g/mol. The first-order valence-electron chi connectivity index (χ1n) is 27.4. The maximum absolute atomic E-state index is 6.27. The average Bonchev–Trinajstić information content (AvgIpc) is 2.47. The quantitative estimate of drug-likeness (QED) is 0.165. The molecule has 0 saturated carbocycles. The maximum Gasteiger partial charge on any atom is 0.235 e. The molecule has 0 aliphatic carbocycles. The van der Waals surface area contributed by atoms with Gasteiger partial charge in [0.2, 0.25) is 11.2 Å². The lowest BCUT2D eigenvalue weighted by Crippen LogP contribution is -2.06. The Bertz CT molecular complexity index is 5710. The number of halogens is 1. The molecule has 20 rings (SSSR count). The minimum absolute atomic E-state index is 0.256. The summed E-state index contributed by atoms with van der Waals surface area (Å²) in [6.45, 7) is 0. The summed E-state index contributed by atoms with van der Waals surface area (Å²) in [5, 5.41) is 17.7. The van der Waals surface area contributed by atoms with Gasteiger partial charge in [-0.1, -0.05) is 158 Å². The third-order valence-corrected chi connectivity index (χ3v) is 18.9. The van der Waals surface area contributed by atoms with Gasteiger partial charge in [-0.3, -0.25) is 4.57 Å². The molecule has 8 nitrogen and oxygen atoms in total. The van der Waals surface area contributed by atoms with Crippen LogP contribution in [0.2, 0.25) is 5.28 Å². The van der Waals surface area contributed by atoms with Gasteiger partial charge >= 0.3 is 0 Å². The molecule has 0 saturated heterocycles. The standard InChI is InChI=1S/C36H19N3OS.C22H13NS.C14H7ClN2O/c1-2-11-21-20(10-1)30-22-12-3-6-16-26(22)39(34(30)35-31(21)24-14-5-8-19-29(24)41-35)36-37-25-15-9-18-28-32(25)33(38-36)23-13-4-7-17-27(23)40-28;1-2-8-14-13(7-1)19-15-9-3-5-11-17(15)23-21(19)22-20(14)16-10-4-6-12-18(16)24-22;15-14-16-9-5-3-7-11-12(9)13(17-14)8-4-1-2-6-10(8)18-11/h1-19H;1-12,23H;1-7H. The molecule has 83 heavy (non-hydrogen) atoms. The van der Waals surface area contributed by atoms with Crippen LogP contribution < -0.4 is 9.47 Å². The third kappa shape index (κ3) is 6.85. The van der Waals surface area contributed by atoms with Gasteiger partial charge in [0, 0.05) is 69.1 Å². The van der Waals surface area contributed by atoms with Crippen molar-refractivity contribution in [3.8, 4) is 51.5 Å². The zero-order valence-corrected chi connectivity index (χ0v) is 46.1. The van der Waals surface area contributed by atoms with Gasteiger partial charge < -0.3 is 14.5 Å². The van der Waals surface area contributed by atoms with Gasteiger partial charge in [0.05, 0.1) is 59.1 Å². The number of benzene rings is 12. The molecule has 0 bridgehead atoms. The number of ether oxygens (including phenoxy) is 2. The van der Waals surface area contributed by atoms with Gasteiger partial charge in [-0.15, -0.1) is 22.7 Å². The van der Waals surface area contributed by atoms with E-state index in [4.69, 9.17) is 31.0 Å². The number of aromatic nitrogens is 6. The number of fused-ring (bicyclic) bond motifs is 24. The molecular formula is C72H39ClN6O2S2. The van der Waals surface area contributed by atoms with Gasteiger partial charge in [-0.25, -0.2) is 19.9 Å². The molecule has 2 aliphatic heterocycles. The summed E-state index contributed by atoms with van der Waals surface area (Å²) in [5.41, 5.74) is 10.1. The maximum atomic E-state index is 6.27. The van der Waals surface area contributed by atoms with Crippen LogP contribution >= 0.6 is 34.3 Å². The Hall–Kier alpha value is -10.2. The van der Waals surface area contributed by atoms with E-state index in [0.29, 0.717) is 5.95 Å². The second kappa shape index (κ2) is 17.9. The predicted molar refractivity (Wildman–Crippen MR) is 346 cm³/mol. The van der Waals surface area contributed by atoms with E-state index in [2.05, 4.69) is 177 Å². The Kier molecular flexibility index (Phi) is 10.0. The number of para-hydroxylation sites is 4. The van der Waals surface area contributed by atoms with E-state index in [1.54, 1.807) is 0 Å². The molecule has 0 unspecified atom stereocenters. The van der Waals surface area contributed by atoms with Crippen LogP contribution in [0.15, 0.2) is 231 Å². The number of rotatable bonds is 1. The van der Waals surface area contributed by atoms with Gasteiger partial charge in [-0.05, 0) is 106 Å². The van der Waals surface area contributed by atoms with Crippen LogP contribution in [0, 0.1) is 0 Å². The van der Waals surface area contributed by atoms with Crippen molar-refractivity contribution >= 4 is 162 Å². The first-order chi connectivity index (χ1) is 41.1. The van der Waals surface area contributed by atoms with Gasteiger partial charge in [0.15, 0.2) is 0 Å². The van der Waals surface area contributed by atoms with Crippen molar-refractivity contribution in [3.05, 3.63) is 236 Å². The molecule has 6 aromatic heterocycles. The van der Waals surface area contributed by atoms with Gasteiger partial charge in [-0.2, -0.15) is 0 Å². The first-order valence-corrected chi connectivity index (χ1v) is 29.4. The van der Waals surface area contributed by atoms with Gasteiger partial charge in [0.25, 0.3) is 0 Å². The van der Waals surface area contributed by atoms with Crippen molar-refractivity contribution in [1.29, 1.82) is 0 Å². The normalized spacial score (nSPS) is 12.3. The highest BCUT2D eigenvalue weighted by Gasteiger charge is 2.28. The van der Waals surface area contributed by atoms with E-state index >= 15 is 0 Å². The molecule has 18 aromatic rings. The lowest BCUT2D eigenvalue weighted by Gasteiger charge is -2.21. The lowest BCUT2D eigenvalue weighted by molar-refractivity contribution is 0.486. The minimum atomic E-state index is 0.256. The van der Waals surface area contributed by atoms with E-state index < -0.39 is 0 Å². The molecule has 388 valence electrons. The molecule has 1 N–H and O–H groups in total. The van der Waals surface area contributed by atoms with Crippen molar-refractivity contribution in [2.24, 2.45) is 0 Å². The molecule has 0 spiro atoms. The zero-order chi connectivity index (χ0) is 54.4. The van der Waals surface area contributed by atoms with Crippen molar-refractivity contribution in [3.63, 3.8) is 0 Å². The molecule has 11 heteroatoms. The minimum Gasteiger partial charge on any atom is -0.456 e. The second-order valence-electron chi connectivity index (χ2n) is 20.9. The van der Waals surface area contributed by atoms with Crippen molar-refractivity contribution in [2.45, 2.75) is 0 Å². The van der Waals surface area contributed by atoms with Crippen LogP contribution in [0.3, 0.4) is 0 Å². The Balaban J connectivity index is 0.000000106. The molecule has 2 aliphatic rings. The number of nitrogens with one attached hydrogen (secondary N) is 1. The van der Waals surface area contributed by atoms with Crippen LogP contribution in [0.4, 0.5) is 0 Å². The van der Waals surface area contributed by atoms with Crippen molar-refractivity contribution in [2.75, 3.05) is 0 Å². The highest BCUT2D eigenvalue weighted by Crippen LogP contribution is 2.51. The summed E-state index contributed by atoms with van der Waals surface area (Å²) in [6, 6.07) is 80.1. The zero-order valence-electron chi connectivity index (χ0n) is 43.7. The fourth-order valence-corrected chi connectivity index (χ4v) is 15.7. The number of nitrogens with zero attached hydrogens (tertiary/aromatic N) is 5. The Labute approximate surface area is 484 Å². The Morgan fingerprint density at radius 3 is 1.48 bits per heavy atom. The van der Waals surface area contributed by atoms with E-state index in [9.17, 15) is 0 Å². The lowest BCUT2D eigenvalue weighted by atomic mass is 9.99. The SMILES string of the molecule is Clc1nc2c3c(cccc3n1)Oc1ccccc1-2.c1ccc2c(c1)Oc1cccc3nc(-n4c5ccccc5c5c6ccccc6c6c7ccccc7sc6c54)nc-2c13.c1ccc2c(c1)[nH]c1c3sc4ccccc4c3c3ccccc3c21. The predicted octanol–water partition coefficient (Wildman–Crippen LogP) is 20.9. The van der Waals surface area contributed by atoms with Gasteiger partial charge in [0.1, 0.15) is 23.0 Å². The van der Waals surface area contributed by atoms with Crippen LogP contribution in [0.1, 0.15) is 0 Å². The first kappa shape index (κ1) is 46.5. The summed E-state index contributed by atoms with van der Waals surface area (Å²) >= 11 is 9.72. The largest absolute Gasteiger partial charge is 0.456 e. The van der Waals surface area contributed by atoms with Crippen molar-refractivity contribution < 1.29 is 9.47 Å². The number of thiophene rings is 2. The van der Waals surface area contributed by atoms with E-state index in [0.717, 1.165) is 78.4 Å². The van der Waals surface area contributed by atoms with E-state index in [-0.39, 0.29) is 5.28 Å². The fraction of sp³-hybridized carbons (Fsp3) is 0. The second-order valence-corrected chi connectivity index (χ2v) is 23.3. The molecule has 12 aromatic carbocycles. The summed E-state index contributed by atoms with van der Waals surface area (Å²) in [7, 11) is 0. The molecule has 0 atom stereocenters. The smallest absolute Gasteiger partial charge is 0.235 e. The molecule has 0 radical (unpaired) electrons. The van der Waals surface area contributed by atoms with E-state index in [1.807, 2.05) is 95.5 Å². The summed E-state index contributed by atoms with van der Waals surface area (Å²) < 4.78 is 19.7.